The van der Waals surface area contributed by atoms with Crippen LogP contribution in [0.5, 0.6) is 0 Å². The van der Waals surface area contributed by atoms with Crippen molar-refractivity contribution >= 4 is 28.9 Å². The number of aryl methyl sites for hydroxylation is 1. The van der Waals surface area contributed by atoms with Crippen LogP contribution in [-0.2, 0) is 20.8 Å². The van der Waals surface area contributed by atoms with Crippen molar-refractivity contribution < 1.29 is 20.8 Å². The van der Waals surface area contributed by atoms with E-state index in [1.807, 2.05) is 13.3 Å². The number of hydrogen-bond acceptors (Lipinski definition) is 1. The van der Waals surface area contributed by atoms with Crippen molar-refractivity contribution in [2.75, 3.05) is 7.05 Å². The number of hydrogen-bond donors (Lipinski definition) is 0. The summed E-state index contributed by atoms with van der Waals surface area (Å²) in [6, 6.07) is 6.81. The predicted molar refractivity (Wildman–Crippen MR) is 86.3 cm³/mol. The van der Waals surface area contributed by atoms with Gasteiger partial charge in [0.15, 0.2) is 0 Å². The predicted octanol–water partition coefficient (Wildman–Crippen LogP) is 5.76. The van der Waals surface area contributed by atoms with Gasteiger partial charge < -0.3 is 5.32 Å². The molecular weight excluding hydrogens is 370 g/mol. The Bertz CT molecular complexity index is 418. The Morgan fingerprint density at radius 3 is 2.50 bits per heavy atom. The first-order chi connectivity index (χ1) is 9.72. The van der Waals surface area contributed by atoms with Gasteiger partial charge in [0.05, 0.1) is 0 Å². The molecule has 1 aromatic rings. The molecule has 20 heavy (non-hydrogen) atoms. The number of benzene rings is 1. The van der Waals surface area contributed by atoms with Gasteiger partial charge >= 0.3 is 37.9 Å². The number of nitrogens with zero attached hydrogens (tertiary/aromatic N) is 2. The molecular formula is C15H21Cl2N2Zr-. The third kappa shape index (κ3) is 6.28. The van der Waals surface area contributed by atoms with Gasteiger partial charge in [-0.2, -0.15) is 0 Å². The molecule has 0 aliphatic heterocycles. The third-order valence-corrected chi connectivity index (χ3v) is 3.49. The number of halogens is 2. The van der Waals surface area contributed by atoms with Gasteiger partial charge in [-0.3, -0.25) is 4.99 Å². The first-order valence-corrected chi connectivity index (χ1v) is 13.2. The van der Waals surface area contributed by atoms with E-state index in [4.69, 9.17) is 22.0 Å². The molecule has 0 amide bonds. The Morgan fingerprint density at radius 2 is 1.90 bits per heavy atom. The van der Waals surface area contributed by atoms with Crippen molar-refractivity contribution in [1.82, 2.24) is 0 Å². The maximum atomic E-state index is 4.93. The summed E-state index contributed by atoms with van der Waals surface area (Å²) in [6.07, 6.45) is 8.57. The molecule has 0 spiro atoms. The average molecular weight is 391 g/mol. The van der Waals surface area contributed by atoms with Gasteiger partial charge in [-0.25, -0.2) is 0 Å². The standard InChI is InChI=1S/C15H21N2.2ClH.Zr/c1-12-7-6-8-13(15(12)16-2)11-17-14-9-4-3-5-10-14;;;/h6-8,11,14H,3-5,9-10H2,1-2H3;2*1H;/q-1;;;+2/p-2. The Labute approximate surface area is 141 Å². The molecule has 1 saturated carbocycles. The van der Waals surface area contributed by atoms with E-state index in [1.54, 1.807) is 0 Å². The van der Waals surface area contributed by atoms with Crippen LogP contribution in [0.1, 0.15) is 43.2 Å². The molecule has 0 aromatic heterocycles. The minimum absolute atomic E-state index is 0.536. The van der Waals surface area contributed by atoms with Crippen molar-refractivity contribution in [3.05, 3.63) is 34.6 Å². The second-order valence-electron chi connectivity index (χ2n) is 4.88. The molecule has 0 radical (unpaired) electrons. The average Bonchev–Trinajstić information content (AvgIpc) is 2.47. The van der Waals surface area contributed by atoms with Gasteiger partial charge in [-0.1, -0.05) is 43.0 Å². The van der Waals surface area contributed by atoms with Crippen molar-refractivity contribution in [1.29, 1.82) is 0 Å². The fraction of sp³-hybridized carbons (Fsp3) is 0.533. The molecule has 0 saturated heterocycles. The van der Waals surface area contributed by atoms with E-state index in [0.29, 0.717) is 6.04 Å². The molecule has 0 bridgehead atoms. The maximum absolute atomic E-state index is 4.93. The summed E-state index contributed by atoms with van der Waals surface area (Å²) in [5.41, 5.74) is 3.45. The van der Waals surface area contributed by atoms with Crippen LogP contribution in [0, 0.1) is 6.92 Å². The topological polar surface area (TPSA) is 26.5 Å². The van der Waals surface area contributed by atoms with Crippen molar-refractivity contribution in [2.24, 2.45) is 4.99 Å². The summed E-state index contributed by atoms with van der Waals surface area (Å²) in [7, 11) is 11.7. The van der Waals surface area contributed by atoms with Crippen molar-refractivity contribution in [3.63, 3.8) is 0 Å². The molecule has 110 valence electrons. The zero-order chi connectivity index (χ0) is 14.8. The summed E-state index contributed by atoms with van der Waals surface area (Å²) in [6.45, 7) is 2.10. The minimum atomic E-state index is -0.826. The molecule has 2 nitrogen and oxygen atoms in total. The molecule has 2 rings (SSSR count). The zero-order valence-corrected chi connectivity index (χ0v) is 16.0. The van der Waals surface area contributed by atoms with E-state index >= 15 is 0 Å². The molecule has 0 N–H and O–H groups in total. The Hall–Kier alpha value is 0.153. The third-order valence-electron chi connectivity index (χ3n) is 3.49. The first-order valence-electron chi connectivity index (χ1n) is 6.91. The number of para-hydroxylation sites is 1. The van der Waals surface area contributed by atoms with Crippen LogP contribution in [0.15, 0.2) is 23.2 Å². The van der Waals surface area contributed by atoms with E-state index < -0.39 is 20.8 Å². The van der Waals surface area contributed by atoms with Crippen LogP contribution in [0.4, 0.5) is 5.69 Å². The Balaban J connectivity index is 0.000000612. The van der Waals surface area contributed by atoms with E-state index in [9.17, 15) is 0 Å². The Kier molecular flexibility index (Phi) is 9.85. The van der Waals surface area contributed by atoms with Crippen molar-refractivity contribution in [2.45, 2.75) is 45.1 Å². The molecule has 0 unspecified atom stereocenters. The fourth-order valence-electron chi connectivity index (χ4n) is 2.51. The summed E-state index contributed by atoms with van der Waals surface area (Å²) in [5.74, 6) is 0. The van der Waals surface area contributed by atoms with Crippen LogP contribution in [0.3, 0.4) is 0 Å². The summed E-state index contributed by atoms with van der Waals surface area (Å²) >= 11 is -0.826. The fourth-order valence-corrected chi connectivity index (χ4v) is 2.51. The molecule has 1 aliphatic rings. The second-order valence-corrected chi connectivity index (χ2v) is 8.61. The van der Waals surface area contributed by atoms with Crippen LogP contribution in [0.25, 0.3) is 5.32 Å². The molecule has 0 atom stereocenters. The van der Waals surface area contributed by atoms with E-state index in [0.717, 1.165) is 11.3 Å². The molecule has 5 heteroatoms. The van der Waals surface area contributed by atoms with Gasteiger partial charge in [0.2, 0.25) is 0 Å². The summed E-state index contributed by atoms with van der Waals surface area (Å²) < 4.78 is 0. The van der Waals surface area contributed by atoms with Gasteiger partial charge in [0, 0.05) is 12.3 Å². The summed E-state index contributed by atoms with van der Waals surface area (Å²) in [5, 5.41) is 4.34. The number of aliphatic imine (C=N–C) groups is 1. The van der Waals surface area contributed by atoms with Crippen LogP contribution in [-0.4, -0.2) is 19.3 Å². The van der Waals surface area contributed by atoms with Crippen molar-refractivity contribution in [3.8, 4) is 0 Å². The molecule has 1 fully saturated rings. The Morgan fingerprint density at radius 1 is 1.25 bits per heavy atom. The monoisotopic (exact) mass is 389 g/mol. The van der Waals surface area contributed by atoms with E-state index in [2.05, 4.69) is 30.4 Å². The van der Waals surface area contributed by atoms with E-state index in [1.165, 1.54) is 37.7 Å². The van der Waals surface area contributed by atoms with Gasteiger partial charge in [0.25, 0.3) is 0 Å². The van der Waals surface area contributed by atoms with E-state index in [-0.39, 0.29) is 0 Å². The van der Waals surface area contributed by atoms with Gasteiger partial charge in [-0.05, 0) is 25.3 Å². The first kappa shape index (κ1) is 18.2. The second kappa shape index (κ2) is 10.8. The van der Waals surface area contributed by atoms with Gasteiger partial charge in [-0.15, -0.1) is 12.7 Å². The quantitative estimate of drug-likeness (QED) is 0.586. The van der Waals surface area contributed by atoms with Gasteiger partial charge in [0.1, 0.15) is 0 Å². The van der Waals surface area contributed by atoms with Crippen LogP contribution in [0.2, 0.25) is 0 Å². The molecule has 1 aliphatic carbocycles. The molecule has 0 heterocycles. The zero-order valence-electron chi connectivity index (χ0n) is 12.1. The van der Waals surface area contributed by atoms with Crippen LogP contribution < -0.4 is 0 Å². The SMILES string of the molecule is C[N-]c1c(C)cccc1C=NC1CCCCC1.[Cl][Zr][Cl]. The van der Waals surface area contributed by atoms with Crippen LogP contribution >= 0.6 is 17.0 Å². The number of rotatable bonds is 3. The summed E-state index contributed by atoms with van der Waals surface area (Å²) in [4.78, 5) is 4.72. The molecule has 1 aromatic carbocycles. The normalized spacial score (nSPS) is 15.6.